The van der Waals surface area contributed by atoms with Crippen LogP contribution in [0.5, 0.6) is 11.5 Å². The lowest BCUT2D eigenvalue weighted by atomic mass is 10.1. The molecule has 0 aliphatic heterocycles. The van der Waals surface area contributed by atoms with E-state index in [0.29, 0.717) is 34.9 Å². The summed E-state index contributed by atoms with van der Waals surface area (Å²) in [5.74, 6) is -0.456. The number of benzene rings is 3. The van der Waals surface area contributed by atoms with Crippen molar-refractivity contribution in [3.05, 3.63) is 89.5 Å². The highest BCUT2D eigenvalue weighted by molar-refractivity contribution is 6.05. The van der Waals surface area contributed by atoms with Crippen molar-refractivity contribution in [1.29, 1.82) is 0 Å². The molecule has 0 saturated heterocycles. The van der Waals surface area contributed by atoms with Crippen molar-refractivity contribution in [2.45, 2.75) is 6.61 Å². The van der Waals surface area contributed by atoms with Gasteiger partial charge in [0.1, 0.15) is 13.2 Å². The molecule has 3 aromatic rings. The Kier molecular flexibility index (Phi) is 8.02. The molecule has 0 fully saturated rings. The van der Waals surface area contributed by atoms with E-state index in [0.717, 1.165) is 5.56 Å². The molecule has 0 saturated carbocycles. The zero-order chi connectivity index (χ0) is 23.6. The van der Waals surface area contributed by atoms with E-state index in [-0.39, 0.29) is 12.5 Å². The van der Waals surface area contributed by atoms with Gasteiger partial charge in [-0.1, -0.05) is 36.4 Å². The molecule has 0 aliphatic carbocycles. The van der Waals surface area contributed by atoms with Crippen LogP contribution >= 0.6 is 0 Å². The Balaban J connectivity index is 1.66. The van der Waals surface area contributed by atoms with E-state index >= 15 is 0 Å². The van der Waals surface area contributed by atoms with Gasteiger partial charge in [0.15, 0.2) is 11.5 Å². The third-order valence-corrected chi connectivity index (χ3v) is 4.67. The van der Waals surface area contributed by atoms with Crippen LogP contribution in [-0.4, -0.2) is 38.5 Å². The number of hydrogen-bond donors (Lipinski definition) is 2. The molecule has 2 amide bonds. The van der Waals surface area contributed by atoms with Crippen molar-refractivity contribution in [3.8, 4) is 11.5 Å². The largest absolute Gasteiger partial charge is 0.493 e. The van der Waals surface area contributed by atoms with Crippen molar-refractivity contribution >= 4 is 23.5 Å². The van der Waals surface area contributed by atoms with Crippen LogP contribution in [-0.2, 0) is 16.1 Å². The minimum Gasteiger partial charge on any atom is -0.493 e. The second-order valence-electron chi connectivity index (χ2n) is 6.93. The topological polar surface area (TPSA) is 103 Å². The predicted molar refractivity (Wildman–Crippen MR) is 123 cm³/mol. The zero-order valence-electron chi connectivity index (χ0n) is 18.3. The number of methoxy groups -OCH3 is 2. The van der Waals surface area contributed by atoms with Gasteiger partial charge in [-0.25, -0.2) is 0 Å². The summed E-state index contributed by atoms with van der Waals surface area (Å²) >= 11 is 0. The van der Waals surface area contributed by atoms with Crippen LogP contribution in [0.2, 0.25) is 0 Å². The third-order valence-electron chi connectivity index (χ3n) is 4.67. The number of carbonyl (C=O) groups excluding carboxylic acids is 3. The minimum atomic E-state index is -0.557. The predicted octanol–water partition coefficient (Wildman–Crippen LogP) is 3.43. The van der Waals surface area contributed by atoms with Gasteiger partial charge in [-0.15, -0.1) is 0 Å². The van der Waals surface area contributed by atoms with Crippen LogP contribution < -0.4 is 20.1 Å². The highest BCUT2D eigenvalue weighted by Gasteiger charge is 2.13. The summed E-state index contributed by atoms with van der Waals surface area (Å²) in [5, 5.41) is 5.20. The van der Waals surface area contributed by atoms with E-state index in [2.05, 4.69) is 15.4 Å². The molecule has 0 aromatic heterocycles. The average molecular weight is 448 g/mol. The first-order valence-electron chi connectivity index (χ1n) is 10.1. The van der Waals surface area contributed by atoms with Gasteiger partial charge in [-0.05, 0) is 42.0 Å². The van der Waals surface area contributed by atoms with Crippen LogP contribution in [0.3, 0.4) is 0 Å². The van der Waals surface area contributed by atoms with E-state index in [1.807, 2.05) is 30.3 Å². The molecule has 0 aliphatic rings. The second kappa shape index (κ2) is 11.3. The SMILES string of the molecule is COC(=O)CNC(=O)c1cccc(NC(=O)c2ccc(OCc3ccccc3)c(OC)c2)c1. The number of hydrogen-bond acceptors (Lipinski definition) is 6. The Hall–Kier alpha value is -4.33. The first-order chi connectivity index (χ1) is 16.0. The van der Waals surface area contributed by atoms with Crippen molar-refractivity contribution in [2.75, 3.05) is 26.1 Å². The Bertz CT molecular complexity index is 1130. The van der Waals surface area contributed by atoms with Crippen LogP contribution in [0.25, 0.3) is 0 Å². The van der Waals surface area contributed by atoms with Gasteiger partial charge in [-0.3, -0.25) is 14.4 Å². The lowest BCUT2D eigenvalue weighted by molar-refractivity contribution is -0.139. The van der Waals surface area contributed by atoms with E-state index in [1.54, 1.807) is 36.4 Å². The van der Waals surface area contributed by atoms with E-state index < -0.39 is 11.9 Å². The highest BCUT2D eigenvalue weighted by Crippen LogP contribution is 2.29. The van der Waals surface area contributed by atoms with Gasteiger partial charge in [0.05, 0.1) is 14.2 Å². The van der Waals surface area contributed by atoms with Crippen LogP contribution in [0.15, 0.2) is 72.8 Å². The molecule has 0 bridgehead atoms. The molecule has 33 heavy (non-hydrogen) atoms. The van der Waals surface area contributed by atoms with Gasteiger partial charge in [0, 0.05) is 16.8 Å². The van der Waals surface area contributed by atoms with E-state index in [1.165, 1.54) is 20.3 Å². The molecule has 3 aromatic carbocycles. The Morgan fingerprint density at radius 2 is 1.55 bits per heavy atom. The van der Waals surface area contributed by atoms with Crippen molar-refractivity contribution in [3.63, 3.8) is 0 Å². The van der Waals surface area contributed by atoms with Crippen LogP contribution in [0.4, 0.5) is 5.69 Å². The highest BCUT2D eigenvalue weighted by atomic mass is 16.5. The molecular formula is C25H24N2O6. The molecule has 2 N–H and O–H groups in total. The number of ether oxygens (including phenoxy) is 3. The average Bonchev–Trinajstić information content (AvgIpc) is 2.86. The lowest BCUT2D eigenvalue weighted by Crippen LogP contribution is -2.30. The smallest absolute Gasteiger partial charge is 0.325 e. The van der Waals surface area contributed by atoms with E-state index in [9.17, 15) is 14.4 Å². The van der Waals surface area contributed by atoms with Crippen molar-refractivity contribution in [1.82, 2.24) is 5.32 Å². The summed E-state index contributed by atoms with van der Waals surface area (Å²) in [4.78, 5) is 36.1. The fourth-order valence-corrected chi connectivity index (χ4v) is 2.93. The van der Waals surface area contributed by atoms with Gasteiger partial charge in [0.2, 0.25) is 0 Å². The van der Waals surface area contributed by atoms with Crippen molar-refractivity contribution in [2.24, 2.45) is 0 Å². The molecule has 0 heterocycles. The Labute approximate surface area is 191 Å². The molecular weight excluding hydrogens is 424 g/mol. The monoisotopic (exact) mass is 448 g/mol. The van der Waals surface area contributed by atoms with Gasteiger partial charge >= 0.3 is 5.97 Å². The maximum absolute atomic E-state index is 12.7. The number of rotatable bonds is 9. The number of amides is 2. The molecule has 170 valence electrons. The molecule has 0 atom stereocenters. The summed E-state index contributed by atoms with van der Waals surface area (Å²) in [6.07, 6.45) is 0. The van der Waals surface area contributed by atoms with Crippen molar-refractivity contribution < 1.29 is 28.6 Å². The third kappa shape index (κ3) is 6.57. The second-order valence-corrected chi connectivity index (χ2v) is 6.93. The normalized spacial score (nSPS) is 10.1. The zero-order valence-corrected chi connectivity index (χ0v) is 18.3. The van der Waals surface area contributed by atoms with Gasteiger partial charge in [0.25, 0.3) is 11.8 Å². The summed E-state index contributed by atoms with van der Waals surface area (Å²) in [7, 11) is 2.74. The maximum Gasteiger partial charge on any atom is 0.325 e. The Morgan fingerprint density at radius 3 is 2.27 bits per heavy atom. The maximum atomic E-state index is 12.7. The number of nitrogens with one attached hydrogen (secondary N) is 2. The van der Waals surface area contributed by atoms with Crippen LogP contribution in [0, 0.1) is 0 Å². The quantitative estimate of drug-likeness (QED) is 0.486. The standard InChI is InChI=1S/C25H24N2O6/c1-31-22-14-19(11-12-21(22)33-16-17-7-4-3-5-8-17)25(30)27-20-10-6-9-18(13-20)24(29)26-15-23(28)32-2/h3-14H,15-16H2,1-2H3,(H,26,29)(H,27,30). The number of carbonyl (C=O) groups is 3. The molecule has 0 spiro atoms. The fourth-order valence-electron chi connectivity index (χ4n) is 2.93. The fraction of sp³-hybridized carbons (Fsp3) is 0.160. The van der Waals surface area contributed by atoms with E-state index in [4.69, 9.17) is 9.47 Å². The first kappa shape index (κ1) is 23.3. The summed E-state index contributed by atoms with van der Waals surface area (Å²) < 4.78 is 15.7. The molecule has 3 rings (SSSR count). The number of esters is 1. The summed E-state index contributed by atoms with van der Waals surface area (Å²) in [6.45, 7) is 0.123. The van der Waals surface area contributed by atoms with Gasteiger partial charge in [-0.2, -0.15) is 0 Å². The minimum absolute atomic E-state index is 0.246. The Morgan fingerprint density at radius 1 is 0.788 bits per heavy atom. The first-order valence-corrected chi connectivity index (χ1v) is 10.1. The summed E-state index contributed by atoms with van der Waals surface area (Å²) in [5.41, 5.74) is 2.09. The molecule has 8 nitrogen and oxygen atoms in total. The van der Waals surface area contributed by atoms with Crippen LogP contribution in [0.1, 0.15) is 26.3 Å². The lowest BCUT2D eigenvalue weighted by Gasteiger charge is -2.13. The molecule has 0 unspecified atom stereocenters. The molecule has 8 heteroatoms. The van der Waals surface area contributed by atoms with Gasteiger partial charge < -0.3 is 24.8 Å². The summed E-state index contributed by atoms with van der Waals surface area (Å²) in [6, 6.07) is 21.0. The molecule has 0 radical (unpaired) electrons. The number of anilines is 1.